The lowest BCUT2D eigenvalue weighted by atomic mass is 10.1. The first kappa shape index (κ1) is 26.5. The van der Waals surface area contributed by atoms with E-state index in [2.05, 4.69) is 10.6 Å². The van der Waals surface area contributed by atoms with Crippen molar-refractivity contribution in [2.75, 3.05) is 10.6 Å². The van der Waals surface area contributed by atoms with Crippen molar-refractivity contribution in [3.05, 3.63) is 93.0 Å². The van der Waals surface area contributed by atoms with E-state index in [-0.39, 0.29) is 32.5 Å². The summed E-state index contributed by atoms with van der Waals surface area (Å²) in [6, 6.07) is 10.5. The molecule has 2 N–H and O–H groups in total. The monoisotopic (exact) mass is 578 g/mol. The molecular formula is C24H14Cl4F4N2O2. The van der Waals surface area contributed by atoms with Crippen LogP contribution in [0.25, 0.3) is 0 Å². The molecule has 4 nitrogen and oxygen atoms in total. The molecule has 2 atom stereocenters. The molecule has 0 aromatic heterocycles. The van der Waals surface area contributed by atoms with Crippen molar-refractivity contribution in [3.63, 3.8) is 0 Å². The van der Waals surface area contributed by atoms with Gasteiger partial charge in [0.05, 0.1) is 22.2 Å². The van der Waals surface area contributed by atoms with Crippen LogP contribution in [0.15, 0.2) is 54.6 Å². The summed E-state index contributed by atoms with van der Waals surface area (Å²) in [5.74, 6) is -4.86. The van der Waals surface area contributed by atoms with Crippen molar-refractivity contribution in [3.8, 4) is 0 Å². The molecule has 3 aromatic carbocycles. The number of anilines is 2. The van der Waals surface area contributed by atoms with Gasteiger partial charge in [-0.05, 0) is 42.0 Å². The predicted molar refractivity (Wildman–Crippen MR) is 131 cm³/mol. The average molecular weight is 580 g/mol. The fourth-order valence-corrected chi connectivity index (χ4v) is 5.06. The van der Waals surface area contributed by atoms with Gasteiger partial charge in [-0.1, -0.05) is 35.3 Å². The van der Waals surface area contributed by atoms with Crippen LogP contribution >= 0.6 is 46.4 Å². The third kappa shape index (κ3) is 5.27. The Morgan fingerprint density at radius 3 is 2.25 bits per heavy atom. The van der Waals surface area contributed by atoms with E-state index in [4.69, 9.17) is 46.4 Å². The van der Waals surface area contributed by atoms with Crippen LogP contribution in [0.3, 0.4) is 0 Å². The number of benzene rings is 3. The van der Waals surface area contributed by atoms with Gasteiger partial charge in [0.1, 0.15) is 16.0 Å². The minimum Gasteiger partial charge on any atom is -0.326 e. The lowest BCUT2D eigenvalue weighted by Crippen LogP contribution is -2.18. The van der Waals surface area contributed by atoms with Crippen LogP contribution in [-0.2, 0) is 4.79 Å². The summed E-state index contributed by atoms with van der Waals surface area (Å²) in [4.78, 5) is 25.5. The van der Waals surface area contributed by atoms with Crippen LogP contribution in [0.1, 0.15) is 33.8 Å². The Morgan fingerprint density at radius 1 is 0.889 bits per heavy atom. The molecule has 1 fully saturated rings. The first-order chi connectivity index (χ1) is 16.9. The summed E-state index contributed by atoms with van der Waals surface area (Å²) in [5.41, 5.74) is -0.146. The summed E-state index contributed by atoms with van der Waals surface area (Å²) in [6.07, 6.45) is -2.77. The molecule has 188 valence electrons. The Kier molecular flexibility index (Phi) is 7.44. The molecule has 0 aliphatic heterocycles. The van der Waals surface area contributed by atoms with Crippen molar-refractivity contribution in [2.45, 2.75) is 16.7 Å². The van der Waals surface area contributed by atoms with Gasteiger partial charge in [-0.25, -0.2) is 17.6 Å². The van der Waals surface area contributed by atoms with E-state index in [1.54, 1.807) is 0 Å². The molecule has 1 aliphatic carbocycles. The van der Waals surface area contributed by atoms with E-state index < -0.39 is 46.0 Å². The highest BCUT2D eigenvalue weighted by molar-refractivity contribution is 6.53. The first-order valence-corrected chi connectivity index (χ1v) is 11.7. The second-order valence-corrected chi connectivity index (χ2v) is 10.2. The SMILES string of the molecule is O=C(Nc1ccc(F)cc1F)c1cc(NC(=O)[C@@H]2[C@@H](c3ccc(C(F)F)c(Cl)c3)C2(Cl)Cl)ccc1Cl. The zero-order valence-corrected chi connectivity index (χ0v) is 20.8. The lowest BCUT2D eigenvalue weighted by molar-refractivity contribution is -0.117. The van der Waals surface area contributed by atoms with Gasteiger partial charge in [0, 0.05) is 28.3 Å². The molecule has 0 saturated heterocycles. The highest BCUT2D eigenvalue weighted by Crippen LogP contribution is 2.65. The molecule has 2 amide bonds. The van der Waals surface area contributed by atoms with Crippen molar-refractivity contribution in [1.82, 2.24) is 0 Å². The molecule has 0 radical (unpaired) electrons. The van der Waals surface area contributed by atoms with Gasteiger partial charge in [-0.3, -0.25) is 9.59 Å². The fourth-order valence-electron chi connectivity index (χ4n) is 3.76. The summed E-state index contributed by atoms with van der Waals surface area (Å²) in [5, 5.41) is 4.70. The molecule has 36 heavy (non-hydrogen) atoms. The van der Waals surface area contributed by atoms with Gasteiger partial charge < -0.3 is 10.6 Å². The van der Waals surface area contributed by atoms with Crippen molar-refractivity contribution < 1.29 is 27.2 Å². The van der Waals surface area contributed by atoms with Gasteiger partial charge in [-0.2, -0.15) is 0 Å². The number of nitrogens with one attached hydrogen (secondary N) is 2. The van der Waals surface area contributed by atoms with E-state index in [0.717, 1.165) is 18.2 Å². The predicted octanol–water partition coefficient (Wildman–Crippen LogP) is 7.99. The number of rotatable bonds is 6. The third-order valence-corrected chi connectivity index (χ3v) is 7.21. The largest absolute Gasteiger partial charge is 0.326 e. The van der Waals surface area contributed by atoms with Crippen molar-refractivity contribution in [2.24, 2.45) is 5.92 Å². The smallest absolute Gasteiger partial charge is 0.265 e. The Morgan fingerprint density at radius 2 is 1.61 bits per heavy atom. The maximum atomic E-state index is 13.9. The Bertz CT molecular complexity index is 1370. The van der Waals surface area contributed by atoms with E-state index in [1.165, 1.54) is 30.3 Å². The average Bonchev–Trinajstić information content (AvgIpc) is 3.38. The minimum absolute atomic E-state index is 0.00936. The molecule has 4 rings (SSSR count). The van der Waals surface area contributed by atoms with E-state index in [1.807, 2.05) is 0 Å². The van der Waals surface area contributed by atoms with Crippen LogP contribution in [0.5, 0.6) is 0 Å². The topological polar surface area (TPSA) is 58.2 Å². The zero-order valence-electron chi connectivity index (χ0n) is 17.8. The van der Waals surface area contributed by atoms with Gasteiger partial charge in [0.25, 0.3) is 12.3 Å². The Hall–Kier alpha value is -2.52. The van der Waals surface area contributed by atoms with Crippen LogP contribution in [0, 0.1) is 17.6 Å². The molecule has 0 unspecified atom stereocenters. The Labute approximate surface area is 222 Å². The number of hydrogen-bond donors (Lipinski definition) is 2. The van der Waals surface area contributed by atoms with Crippen LogP contribution in [0.4, 0.5) is 28.9 Å². The molecule has 0 spiro atoms. The minimum atomic E-state index is -2.77. The van der Waals surface area contributed by atoms with E-state index in [0.29, 0.717) is 11.6 Å². The second-order valence-electron chi connectivity index (χ2n) is 7.97. The number of halogens is 8. The molecular weight excluding hydrogens is 566 g/mol. The summed E-state index contributed by atoms with van der Waals surface area (Å²) in [7, 11) is 0. The van der Waals surface area contributed by atoms with E-state index >= 15 is 0 Å². The number of hydrogen-bond acceptors (Lipinski definition) is 2. The van der Waals surface area contributed by atoms with Gasteiger partial charge in [0.15, 0.2) is 0 Å². The van der Waals surface area contributed by atoms with Crippen molar-refractivity contribution in [1.29, 1.82) is 0 Å². The third-order valence-electron chi connectivity index (χ3n) is 5.61. The van der Waals surface area contributed by atoms with Crippen LogP contribution < -0.4 is 10.6 Å². The lowest BCUT2D eigenvalue weighted by Gasteiger charge is -2.11. The standard InChI is InChI=1S/C24H14Cl4F4N2O2/c25-15-5-3-12(9-14(15)22(35)34-18-6-2-11(29)8-17(18)30)33-23(36)20-19(24(20,27)28)10-1-4-13(21(31)32)16(26)7-10/h1-9,19-21H,(H,33,36)(H,34,35)/t19-,20+/m1/s1. The molecule has 1 saturated carbocycles. The highest BCUT2D eigenvalue weighted by Gasteiger charge is 2.67. The number of carbonyl (C=O) groups is 2. The van der Waals surface area contributed by atoms with Gasteiger partial charge in [-0.15, -0.1) is 23.2 Å². The molecule has 0 bridgehead atoms. The summed E-state index contributed by atoms with van der Waals surface area (Å²) >= 11 is 24.6. The molecule has 3 aromatic rings. The van der Waals surface area contributed by atoms with Gasteiger partial charge >= 0.3 is 0 Å². The number of amides is 2. The number of alkyl halides is 4. The fraction of sp³-hybridized carbons (Fsp3) is 0.167. The first-order valence-electron chi connectivity index (χ1n) is 10.2. The quantitative estimate of drug-likeness (QED) is 0.230. The summed E-state index contributed by atoms with van der Waals surface area (Å²) < 4.78 is 51.4. The van der Waals surface area contributed by atoms with Gasteiger partial charge in [0.2, 0.25) is 5.91 Å². The number of carbonyl (C=O) groups excluding carboxylic acids is 2. The highest BCUT2D eigenvalue weighted by atomic mass is 35.5. The van der Waals surface area contributed by atoms with E-state index in [9.17, 15) is 27.2 Å². The van der Waals surface area contributed by atoms with Crippen LogP contribution in [-0.4, -0.2) is 16.1 Å². The maximum Gasteiger partial charge on any atom is 0.265 e. The second kappa shape index (κ2) is 10.1. The molecule has 1 aliphatic rings. The molecule has 12 heteroatoms. The molecule has 0 heterocycles. The normalized spacial score (nSPS) is 18.1. The summed E-state index contributed by atoms with van der Waals surface area (Å²) in [6.45, 7) is 0. The van der Waals surface area contributed by atoms with Crippen LogP contribution in [0.2, 0.25) is 10.0 Å². The Balaban J connectivity index is 1.50. The maximum absolute atomic E-state index is 13.9. The zero-order chi connectivity index (χ0) is 26.4. The van der Waals surface area contributed by atoms with Crippen molar-refractivity contribution >= 4 is 69.6 Å².